The van der Waals surface area contributed by atoms with E-state index in [1.807, 2.05) is 31.7 Å². The topological polar surface area (TPSA) is 70.0 Å². The van der Waals surface area contributed by atoms with Gasteiger partial charge in [-0.1, -0.05) is 24.3 Å². The quantitative estimate of drug-likeness (QED) is 0.668. The van der Waals surface area contributed by atoms with Gasteiger partial charge in [0.25, 0.3) is 0 Å². The maximum atomic E-state index is 12.6. The largest absolute Gasteiger partial charge is 0.444 e. The zero-order chi connectivity index (χ0) is 23.7. The first kappa shape index (κ1) is 22.9. The van der Waals surface area contributed by atoms with Crippen molar-refractivity contribution in [1.82, 2.24) is 9.80 Å². The standard InChI is InChI=1S/C26H35N5O3/c1-26(2,3)34-25(32)30-12-9-19(10-13-30)22-21-11-14-31(20-7-5-4-6-8-20)23(21)28-24(27-22)29-15-17-33-18-16-29/h4-8,11,19,22H,9-10,12-18H2,1-3H3. The number of nitrogens with zero attached hydrogens (tertiary/aromatic N) is 5. The lowest BCUT2D eigenvalue weighted by molar-refractivity contribution is 0.0179. The van der Waals surface area contributed by atoms with Crippen LogP contribution in [-0.2, 0) is 9.47 Å². The normalized spacial score (nSPS) is 23.8. The molecule has 0 spiro atoms. The van der Waals surface area contributed by atoms with Crippen molar-refractivity contribution in [1.29, 1.82) is 0 Å². The van der Waals surface area contributed by atoms with Crippen LogP contribution in [0.4, 0.5) is 10.5 Å². The fourth-order valence-electron chi connectivity index (χ4n) is 5.05. The molecule has 2 fully saturated rings. The summed E-state index contributed by atoms with van der Waals surface area (Å²) >= 11 is 0. The average molecular weight is 466 g/mol. The van der Waals surface area contributed by atoms with Gasteiger partial charge in [0.15, 0.2) is 0 Å². The first-order chi connectivity index (χ1) is 16.4. The van der Waals surface area contributed by atoms with Crippen LogP contribution in [0.25, 0.3) is 0 Å². The van der Waals surface area contributed by atoms with E-state index in [4.69, 9.17) is 19.5 Å². The average Bonchev–Trinajstić information content (AvgIpc) is 3.28. The highest BCUT2D eigenvalue weighted by Crippen LogP contribution is 2.35. The summed E-state index contributed by atoms with van der Waals surface area (Å²) in [6, 6.07) is 10.5. The molecule has 4 aliphatic rings. The number of amides is 1. The second kappa shape index (κ2) is 9.41. The maximum absolute atomic E-state index is 12.6. The molecule has 1 aromatic rings. The molecule has 182 valence electrons. The molecule has 4 heterocycles. The molecule has 0 saturated carbocycles. The molecule has 4 aliphatic heterocycles. The molecular weight excluding hydrogens is 430 g/mol. The van der Waals surface area contributed by atoms with Crippen LogP contribution in [0.3, 0.4) is 0 Å². The molecular formula is C26H35N5O3. The summed E-state index contributed by atoms with van der Waals surface area (Å²) in [7, 11) is 0. The lowest BCUT2D eigenvalue weighted by Crippen LogP contribution is -2.47. The van der Waals surface area contributed by atoms with Crippen molar-refractivity contribution in [2.45, 2.75) is 45.3 Å². The van der Waals surface area contributed by atoms with E-state index in [1.165, 1.54) is 5.57 Å². The fraction of sp³-hybridized carbons (Fsp3) is 0.577. The Balaban J connectivity index is 1.36. The molecule has 1 amide bonds. The Morgan fingerprint density at radius 1 is 1.06 bits per heavy atom. The monoisotopic (exact) mass is 465 g/mol. The van der Waals surface area contributed by atoms with Crippen molar-refractivity contribution in [3.63, 3.8) is 0 Å². The van der Waals surface area contributed by atoms with Crippen LogP contribution in [0, 0.1) is 5.92 Å². The highest BCUT2D eigenvalue weighted by atomic mass is 16.6. The van der Waals surface area contributed by atoms with Gasteiger partial charge in [-0.3, -0.25) is 0 Å². The van der Waals surface area contributed by atoms with Gasteiger partial charge in [0, 0.05) is 44.0 Å². The van der Waals surface area contributed by atoms with Gasteiger partial charge in [-0.2, -0.15) is 4.99 Å². The fourth-order valence-corrected chi connectivity index (χ4v) is 5.05. The molecule has 8 heteroatoms. The summed E-state index contributed by atoms with van der Waals surface area (Å²) in [4.78, 5) is 29.2. The third-order valence-electron chi connectivity index (χ3n) is 6.79. The van der Waals surface area contributed by atoms with E-state index in [9.17, 15) is 4.79 Å². The Bertz CT molecular complexity index is 983. The predicted molar refractivity (Wildman–Crippen MR) is 133 cm³/mol. The highest BCUT2D eigenvalue weighted by molar-refractivity contribution is 6.18. The Hall–Kier alpha value is -2.87. The van der Waals surface area contributed by atoms with Gasteiger partial charge in [-0.25, -0.2) is 9.79 Å². The zero-order valence-electron chi connectivity index (χ0n) is 20.4. The summed E-state index contributed by atoms with van der Waals surface area (Å²) in [6.07, 6.45) is 3.88. The third kappa shape index (κ3) is 4.82. The zero-order valence-corrected chi connectivity index (χ0v) is 20.4. The smallest absolute Gasteiger partial charge is 0.410 e. The van der Waals surface area contributed by atoms with Gasteiger partial charge in [0.05, 0.1) is 19.3 Å². The van der Waals surface area contributed by atoms with E-state index in [0.29, 0.717) is 32.2 Å². The molecule has 1 aromatic carbocycles. The Labute approximate surface area is 201 Å². The van der Waals surface area contributed by atoms with Gasteiger partial charge in [0.2, 0.25) is 5.96 Å². The maximum Gasteiger partial charge on any atom is 0.410 e. The Morgan fingerprint density at radius 2 is 1.76 bits per heavy atom. The van der Waals surface area contributed by atoms with E-state index in [0.717, 1.165) is 50.0 Å². The summed E-state index contributed by atoms with van der Waals surface area (Å²) in [5.74, 6) is 2.20. The number of piperidine rings is 1. The van der Waals surface area contributed by atoms with Gasteiger partial charge in [0.1, 0.15) is 11.4 Å². The van der Waals surface area contributed by atoms with Crippen molar-refractivity contribution in [2.24, 2.45) is 15.9 Å². The molecule has 0 aliphatic carbocycles. The number of amidine groups is 1. The van der Waals surface area contributed by atoms with Crippen molar-refractivity contribution in [3.8, 4) is 0 Å². The minimum absolute atomic E-state index is 0.0554. The Kier molecular flexibility index (Phi) is 6.34. The number of carbonyl (C=O) groups excluding carboxylic acids is 1. The first-order valence-corrected chi connectivity index (χ1v) is 12.4. The minimum Gasteiger partial charge on any atom is -0.444 e. The lowest BCUT2D eigenvalue weighted by atomic mass is 9.85. The van der Waals surface area contributed by atoms with Gasteiger partial charge < -0.3 is 24.2 Å². The predicted octanol–water partition coefficient (Wildman–Crippen LogP) is 3.55. The van der Waals surface area contributed by atoms with Crippen LogP contribution < -0.4 is 4.90 Å². The van der Waals surface area contributed by atoms with Crippen LogP contribution in [-0.4, -0.2) is 85.3 Å². The van der Waals surface area contributed by atoms with E-state index < -0.39 is 5.60 Å². The van der Waals surface area contributed by atoms with Crippen molar-refractivity contribution >= 4 is 23.6 Å². The number of rotatable bonds is 2. The number of hydrogen-bond acceptors (Lipinski definition) is 7. The van der Waals surface area contributed by atoms with E-state index >= 15 is 0 Å². The second-order valence-corrected chi connectivity index (χ2v) is 10.3. The molecule has 8 nitrogen and oxygen atoms in total. The number of likely N-dealkylation sites (tertiary alicyclic amines) is 1. The highest BCUT2D eigenvalue weighted by Gasteiger charge is 2.39. The van der Waals surface area contributed by atoms with Crippen molar-refractivity contribution in [2.75, 3.05) is 50.8 Å². The molecule has 1 unspecified atom stereocenters. The van der Waals surface area contributed by atoms with E-state index in [-0.39, 0.29) is 12.1 Å². The van der Waals surface area contributed by atoms with Crippen molar-refractivity contribution < 1.29 is 14.3 Å². The summed E-state index contributed by atoms with van der Waals surface area (Å²) in [6.45, 7) is 10.9. The van der Waals surface area contributed by atoms with Crippen LogP contribution in [0.5, 0.6) is 0 Å². The number of fused-ring (bicyclic) bond motifs is 1. The molecule has 0 bridgehead atoms. The summed E-state index contributed by atoms with van der Waals surface area (Å²) < 4.78 is 11.2. The van der Waals surface area contributed by atoms with Gasteiger partial charge in [-0.05, 0) is 51.7 Å². The number of guanidine groups is 1. The number of carbonyl (C=O) groups is 1. The molecule has 5 rings (SSSR count). The molecule has 2 saturated heterocycles. The first-order valence-electron chi connectivity index (χ1n) is 12.4. The molecule has 0 N–H and O–H groups in total. The summed E-state index contributed by atoms with van der Waals surface area (Å²) in [5, 5.41) is 0. The molecule has 1 atom stereocenters. The number of para-hydroxylation sites is 1. The number of benzene rings is 1. The van der Waals surface area contributed by atoms with E-state index in [2.05, 4.69) is 40.1 Å². The number of ether oxygens (including phenoxy) is 2. The lowest BCUT2D eigenvalue weighted by Gasteiger charge is -2.38. The number of anilines is 1. The van der Waals surface area contributed by atoms with Crippen LogP contribution in [0.15, 0.2) is 52.0 Å². The SMILES string of the molecule is CC(C)(C)OC(=O)N1CCC(C2N=C(N3CCOCC3)N=C3C2=CCN3c2ccccc2)CC1. The minimum atomic E-state index is -0.477. The molecule has 0 aromatic heterocycles. The van der Waals surface area contributed by atoms with Crippen LogP contribution >= 0.6 is 0 Å². The number of morpholine rings is 1. The van der Waals surface area contributed by atoms with Crippen molar-refractivity contribution in [3.05, 3.63) is 42.0 Å². The molecule has 0 radical (unpaired) electrons. The van der Waals surface area contributed by atoms with Gasteiger partial charge >= 0.3 is 6.09 Å². The summed E-state index contributed by atoms with van der Waals surface area (Å²) in [5.41, 5.74) is 1.89. The number of hydrogen-bond donors (Lipinski definition) is 0. The van der Waals surface area contributed by atoms with Crippen LogP contribution in [0.1, 0.15) is 33.6 Å². The van der Waals surface area contributed by atoms with Crippen LogP contribution in [0.2, 0.25) is 0 Å². The second-order valence-electron chi connectivity index (χ2n) is 10.3. The van der Waals surface area contributed by atoms with Gasteiger partial charge in [-0.15, -0.1) is 0 Å². The molecule has 34 heavy (non-hydrogen) atoms. The third-order valence-corrected chi connectivity index (χ3v) is 6.79. The number of aliphatic imine (C=N–C) groups is 2. The Morgan fingerprint density at radius 3 is 2.44 bits per heavy atom. The van der Waals surface area contributed by atoms with E-state index in [1.54, 1.807) is 0 Å².